The first-order chi connectivity index (χ1) is 29.7. The predicted octanol–water partition coefficient (Wildman–Crippen LogP) is 14.0. The highest BCUT2D eigenvalue weighted by molar-refractivity contribution is 6.14. The molecule has 1 aliphatic rings. The molecule has 2 heterocycles. The van der Waals surface area contributed by atoms with Gasteiger partial charge in [-0.3, -0.25) is 0 Å². The lowest BCUT2D eigenvalue weighted by molar-refractivity contribution is 0.668. The zero-order valence-corrected chi connectivity index (χ0v) is 32.5. The maximum Gasteiger partial charge on any atom is 0.164 e. The molecule has 12 rings (SSSR count). The van der Waals surface area contributed by atoms with Crippen molar-refractivity contribution in [3.8, 4) is 56.4 Å². The van der Waals surface area contributed by atoms with Crippen molar-refractivity contribution in [2.45, 2.75) is 5.41 Å². The molecule has 60 heavy (non-hydrogen) atoms. The van der Waals surface area contributed by atoms with Gasteiger partial charge in [0.1, 0.15) is 11.2 Å². The van der Waals surface area contributed by atoms with Crippen LogP contribution in [0.1, 0.15) is 22.3 Å². The molecule has 0 amide bonds. The van der Waals surface area contributed by atoms with E-state index >= 15 is 0 Å². The first-order valence-electron chi connectivity index (χ1n) is 20.4. The number of rotatable bonds is 6. The monoisotopic (exact) mass is 765 g/mol. The van der Waals surface area contributed by atoms with Crippen molar-refractivity contribution in [1.29, 1.82) is 0 Å². The van der Waals surface area contributed by atoms with E-state index in [-0.39, 0.29) is 0 Å². The minimum Gasteiger partial charge on any atom is -0.456 e. The van der Waals surface area contributed by atoms with Crippen LogP contribution in [-0.4, -0.2) is 15.0 Å². The molecule has 280 valence electrons. The van der Waals surface area contributed by atoms with Gasteiger partial charge >= 0.3 is 0 Å². The van der Waals surface area contributed by atoms with Crippen molar-refractivity contribution < 1.29 is 4.42 Å². The Kier molecular flexibility index (Phi) is 7.72. The van der Waals surface area contributed by atoms with Crippen molar-refractivity contribution in [3.05, 3.63) is 235 Å². The fourth-order valence-corrected chi connectivity index (χ4v) is 9.58. The zero-order valence-electron chi connectivity index (χ0n) is 32.5. The Hall–Kier alpha value is -7.95. The Morgan fingerprint density at radius 3 is 1.67 bits per heavy atom. The van der Waals surface area contributed by atoms with E-state index in [1.54, 1.807) is 0 Å². The first-order valence-corrected chi connectivity index (χ1v) is 20.4. The largest absolute Gasteiger partial charge is 0.456 e. The van der Waals surface area contributed by atoms with Crippen LogP contribution in [0.5, 0.6) is 0 Å². The van der Waals surface area contributed by atoms with Crippen LogP contribution in [0.4, 0.5) is 0 Å². The van der Waals surface area contributed by atoms with Crippen molar-refractivity contribution in [3.63, 3.8) is 0 Å². The van der Waals surface area contributed by atoms with E-state index in [2.05, 4.69) is 194 Å². The summed E-state index contributed by atoms with van der Waals surface area (Å²) < 4.78 is 6.70. The molecule has 2 aromatic heterocycles. The van der Waals surface area contributed by atoms with Gasteiger partial charge in [0.2, 0.25) is 0 Å². The Bertz CT molecular complexity index is 3400. The molecule has 0 atom stereocenters. The Labute approximate surface area is 347 Å². The topological polar surface area (TPSA) is 51.8 Å². The van der Waals surface area contributed by atoms with Crippen molar-refractivity contribution in [1.82, 2.24) is 15.0 Å². The van der Waals surface area contributed by atoms with E-state index in [1.807, 2.05) is 18.2 Å². The summed E-state index contributed by atoms with van der Waals surface area (Å²) in [6, 6.07) is 75.2. The molecular weight excluding hydrogens is 731 g/mol. The summed E-state index contributed by atoms with van der Waals surface area (Å²) in [5.41, 5.74) is 13.5. The predicted molar refractivity (Wildman–Crippen MR) is 244 cm³/mol. The van der Waals surface area contributed by atoms with E-state index in [0.29, 0.717) is 17.5 Å². The molecule has 1 aliphatic carbocycles. The van der Waals surface area contributed by atoms with Gasteiger partial charge in [0.05, 0.1) is 5.41 Å². The summed E-state index contributed by atoms with van der Waals surface area (Å²) in [6.45, 7) is 0. The van der Waals surface area contributed by atoms with E-state index < -0.39 is 5.41 Å². The lowest BCUT2D eigenvalue weighted by atomic mass is 9.67. The molecule has 9 aromatic carbocycles. The molecule has 0 radical (unpaired) electrons. The molecule has 0 bridgehead atoms. The molecule has 0 aliphatic heterocycles. The number of benzene rings is 9. The lowest BCUT2D eigenvalue weighted by Gasteiger charge is -2.33. The minimum atomic E-state index is -0.531. The van der Waals surface area contributed by atoms with Crippen LogP contribution in [0.15, 0.2) is 217 Å². The molecule has 0 unspecified atom stereocenters. The molecule has 0 N–H and O–H groups in total. The van der Waals surface area contributed by atoms with Crippen LogP contribution in [0.25, 0.3) is 89.1 Å². The molecule has 0 fully saturated rings. The zero-order chi connectivity index (χ0) is 39.6. The molecule has 0 saturated carbocycles. The third-order valence-corrected chi connectivity index (χ3v) is 12.2. The van der Waals surface area contributed by atoms with Crippen molar-refractivity contribution in [2.75, 3.05) is 0 Å². The average molecular weight is 766 g/mol. The summed E-state index contributed by atoms with van der Waals surface area (Å²) >= 11 is 0. The fraction of sp³-hybridized carbons (Fsp3) is 0.0179. The molecule has 11 aromatic rings. The quantitative estimate of drug-likeness (QED) is 0.169. The van der Waals surface area contributed by atoms with Crippen LogP contribution >= 0.6 is 0 Å². The number of hydrogen-bond acceptors (Lipinski definition) is 4. The summed E-state index contributed by atoms with van der Waals surface area (Å²) in [5, 5.41) is 4.41. The van der Waals surface area contributed by atoms with Crippen molar-refractivity contribution in [2.24, 2.45) is 0 Å². The van der Waals surface area contributed by atoms with Crippen LogP contribution in [0.2, 0.25) is 0 Å². The molecule has 4 nitrogen and oxygen atoms in total. The van der Waals surface area contributed by atoms with Crippen LogP contribution in [0.3, 0.4) is 0 Å². The van der Waals surface area contributed by atoms with E-state index in [4.69, 9.17) is 19.4 Å². The van der Waals surface area contributed by atoms with Gasteiger partial charge in [0.25, 0.3) is 0 Å². The van der Waals surface area contributed by atoms with E-state index in [1.165, 1.54) is 38.8 Å². The third-order valence-electron chi connectivity index (χ3n) is 12.2. The highest BCUT2D eigenvalue weighted by Gasteiger charge is 2.46. The van der Waals surface area contributed by atoms with Crippen LogP contribution < -0.4 is 0 Å². The standard InChI is InChI=1S/C56H35N3O/c1-3-17-37(18-4-1)53-57-54(39-31-30-36-16-7-8-19-38(36)34-39)59-55(58-53)46-25-10-9-22-42(46)45-26-15-29-51-52(45)47-35-41(32-33-50(47)60-51)56(40-20-5-2-6-21-40)48-27-13-11-23-43(48)44-24-12-14-28-49(44)56/h1-35H. The van der Waals surface area contributed by atoms with Gasteiger partial charge in [0, 0.05) is 27.5 Å². The highest BCUT2D eigenvalue weighted by Crippen LogP contribution is 2.56. The summed E-state index contributed by atoms with van der Waals surface area (Å²) in [4.78, 5) is 15.5. The Balaban J connectivity index is 1.09. The van der Waals surface area contributed by atoms with Gasteiger partial charge in [-0.2, -0.15) is 0 Å². The van der Waals surface area contributed by atoms with E-state index in [0.717, 1.165) is 55.1 Å². The highest BCUT2D eigenvalue weighted by atomic mass is 16.3. The van der Waals surface area contributed by atoms with Gasteiger partial charge < -0.3 is 4.42 Å². The second kappa shape index (κ2) is 13.6. The molecular formula is C56H35N3O. The SMILES string of the molecule is c1ccc(-c2nc(-c3ccc4ccccc4c3)nc(-c3ccccc3-c3cccc4oc5ccc(C6(c7ccccc7)c7ccccc7-c7ccccc76)cc5c34)n2)cc1. The maximum atomic E-state index is 6.70. The summed E-state index contributed by atoms with van der Waals surface area (Å²) in [5.74, 6) is 1.85. The number of nitrogens with zero attached hydrogens (tertiary/aromatic N) is 3. The third kappa shape index (κ3) is 5.21. The Morgan fingerprint density at radius 2 is 0.917 bits per heavy atom. The Morgan fingerprint density at radius 1 is 0.333 bits per heavy atom. The number of furan rings is 1. The van der Waals surface area contributed by atoms with Gasteiger partial charge in [-0.15, -0.1) is 0 Å². The number of aromatic nitrogens is 3. The van der Waals surface area contributed by atoms with Gasteiger partial charge in [0.15, 0.2) is 17.5 Å². The van der Waals surface area contributed by atoms with Crippen LogP contribution in [-0.2, 0) is 5.41 Å². The van der Waals surface area contributed by atoms with Crippen LogP contribution in [0, 0.1) is 0 Å². The summed E-state index contributed by atoms with van der Waals surface area (Å²) in [7, 11) is 0. The van der Waals surface area contributed by atoms with Gasteiger partial charge in [-0.1, -0.05) is 188 Å². The first kappa shape index (κ1) is 34.1. The molecule has 0 saturated heterocycles. The van der Waals surface area contributed by atoms with E-state index in [9.17, 15) is 0 Å². The number of fused-ring (bicyclic) bond motifs is 7. The smallest absolute Gasteiger partial charge is 0.164 e. The second-order valence-corrected chi connectivity index (χ2v) is 15.5. The number of hydrogen-bond donors (Lipinski definition) is 0. The minimum absolute atomic E-state index is 0.531. The lowest BCUT2D eigenvalue weighted by Crippen LogP contribution is -2.28. The normalized spacial score (nSPS) is 12.8. The van der Waals surface area contributed by atoms with Gasteiger partial charge in [-0.25, -0.2) is 15.0 Å². The fourth-order valence-electron chi connectivity index (χ4n) is 9.58. The maximum absolute atomic E-state index is 6.70. The second-order valence-electron chi connectivity index (χ2n) is 15.5. The summed E-state index contributed by atoms with van der Waals surface area (Å²) in [6.07, 6.45) is 0. The van der Waals surface area contributed by atoms with Gasteiger partial charge in [-0.05, 0) is 79.5 Å². The molecule has 0 spiro atoms. The molecule has 4 heteroatoms. The van der Waals surface area contributed by atoms with Crippen molar-refractivity contribution >= 4 is 32.7 Å². The average Bonchev–Trinajstić information content (AvgIpc) is 3.85.